The molecule has 2 aliphatic rings. The van der Waals surface area contributed by atoms with Crippen LogP contribution < -0.4 is 14.4 Å². The van der Waals surface area contributed by atoms with Crippen molar-refractivity contribution in [1.29, 1.82) is 0 Å². The Kier molecular flexibility index (Phi) is 5.51. The number of rotatable bonds is 9. The number of thioether (sulfide) groups is 1. The Labute approximate surface area is 188 Å². The smallest absolute Gasteiger partial charge is 0.142 e. The lowest BCUT2D eigenvalue weighted by atomic mass is 10.0. The lowest BCUT2D eigenvalue weighted by Crippen LogP contribution is -2.28. The van der Waals surface area contributed by atoms with Crippen molar-refractivity contribution in [2.24, 2.45) is 11.8 Å². The second-order valence-corrected chi connectivity index (χ2v) is 9.67. The van der Waals surface area contributed by atoms with E-state index in [2.05, 4.69) is 46.9 Å². The largest absolute Gasteiger partial charge is 0.497 e. The van der Waals surface area contributed by atoms with Gasteiger partial charge in [0.2, 0.25) is 0 Å². The lowest BCUT2D eigenvalue weighted by Gasteiger charge is -2.25. The van der Waals surface area contributed by atoms with Gasteiger partial charge < -0.3 is 14.4 Å². The van der Waals surface area contributed by atoms with Gasteiger partial charge in [0.05, 0.1) is 31.1 Å². The number of aryl methyl sites for hydroxylation is 1. The Bertz CT molecular complexity index is 1090. The second kappa shape index (κ2) is 8.30. The topological polar surface area (TPSA) is 39.0 Å². The minimum absolute atomic E-state index is 0.802. The first-order chi connectivity index (χ1) is 15.1. The van der Waals surface area contributed by atoms with Crippen LogP contribution in [0.1, 0.15) is 31.2 Å². The van der Waals surface area contributed by atoms with Crippen molar-refractivity contribution in [3.63, 3.8) is 0 Å². The number of hydrogen-bond acceptors (Lipinski definition) is 5. The molecule has 164 valence electrons. The molecule has 1 aromatic carbocycles. The fraction of sp³-hybridized carbons (Fsp3) is 0.480. The zero-order valence-corrected chi connectivity index (χ0v) is 19.7. The van der Waals surface area contributed by atoms with Crippen molar-refractivity contribution in [2.45, 2.75) is 37.6 Å². The predicted molar refractivity (Wildman–Crippen MR) is 128 cm³/mol. The van der Waals surface area contributed by atoms with E-state index in [1.165, 1.54) is 36.9 Å². The maximum absolute atomic E-state index is 5.77. The van der Waals surface area contributed by atoms with Gasteiger partial charge in [0.1, 0.15) is 16.5 Å². The summed E-state index contributed by atoms with van der Waals surface area (Å²) in [5.41, 5.74) is 5.71. The summed E-state index contributed by atoms with van der Waals surface area (Å²) in [6.45, 7) is 4.41. The first-order valence-corrected chi connectivity index (χ1v) is 12.4. The minimum Gasteiger partial charge on any atom is -0.497 e. The highest BCUT2D eigenvalue weighted by molar-refractivity contribution is 7.98. The molecule has 0 saturated heterocycles. The molecule has 2 aromatic heterocycles. The molecule has 2 saturated carbocycles. The third kappa shape index (κ3) is 3.98. The molecule has 0 spiro atoms. The van der Waals surface area contributed by atoms with Gasteiger partial charge in [-0.3, -0.25) is 0 Å². The molecule has 2 aliphatic carbocycles. The van der Waals surface area contributed by atoms with E-state index < -0.39 is 0 Å². The van der Waals surface area contributed by atoms with Crippen LogP contribution in [0.3, 0.4) is 0 Å². The fourth-order valence-corrected chi connectivity index (χ4v) is 5.06. The van der Waals surface area contributed by atoms with E-state index >= 15 is 0 Å². The molecule has 0 unspecified atom stereocenters. The number of fused-ring (bicyclic) bond motifs is 1. The molecule has 0 bridgehead atoms. The Morgan fingerprint density at radius 1 is 1.06 bits per heavy atom. The average Bonchev–Trinajstić information content (AvgIpc) is 3.71. The number of ether oxygens (including phenoxy) is 2. The van der Waals surface area contributed by atoms with E-state index in [1.807, 2.05) is 6.07 Å². The third-order valence-corrected chi connectivity index (χ3v) is 7.11. The summed E-state index contributed by atoms with van der Waals surface area (Å²) in [5.74, 6) is 3.29. The van der Waals surface area contributed by atoms with Crippen molar-refractivity contribution < 1.29 is 9.47 Å². The van der Waals surface area contributed by atoms with E-state index in [4.69, 9.17) is 14.6 Å². The van der Waals surface area contributed by atoms with Crippen LogP contribution in [0.25, 0.3) is 16.8 Å². The molecule has 5 rings (SSSR count). The molecule has 0 radical (unpaired) electrons. The lowest BCUT2D eigenvalue weighted by molar-refractivity contribution is 0.394. The van der Waals surface area contributed by atoms with Gasteiger partial charge in [-0.15, -0.1) is 11.8 Å². The van der Waals surface area contributed by atoms with Crippen molar-refractivity contribution in [2.75, 3.05) is 38.5 Å². The molecule has 0 aliphatic heterocycles. The number of pyridine rings is 1. The Balaban J connectivity index is 1.67. The molecule has 31 heavy (non-hydrogen) atoms. The molecule has 2 fully saturated rings. The van der Waals surface area contributed by atoms with Crippen molar-refractivity contribution in [3.05, 3.63) is 35.9 Å². The Morgan fingerprint density at radius 3 is 2.35 bits per heavy atom. The number of benzene rings is 1. The van der Waals surface area contributed by atoms with Crippen LogP contribution in [0, 0.1) is 18.8 Å². The number of hydrogen-bond donors (Lipinski definition) is 0. The summed E-state index contributed by atoms with van der Waals surface area (Å²) in [6.07, 6.45) is 7.59. The second-order valence-electron chi connectivity index (χ2n) is 8.88. The van der Waals surface area contributed by atoms with Gasteiger partial charge in [-0.1, -0.05) is 6.07 Å². The van der Waals surface area contributed by atoms with Crippen LogP contribution in [0.15, 0.2) is 35.4 Å². The van der Waals surface area contributed by atoms with Crippen molar-refractivity contribution in [3.8, 4) is 22.8 Å². The quantitative estimate of drug-likeness (QED) is 0.403. The van der Waals surface area contributed by atoms with Crippen molar-refractivity contribution in [1.82, 2.24) is 9.61 Å². The van der Waals surface area contributed by atoms with Crippen LogP contribution in [0.4, 0.5) is 5.69 Å². The standard InChI is InChI=1S/C25H31N3O2S/c1-16-12-19(29-2)13-22(30-3)23(16)20-6-5-7-21-24(25(31-4)26-28(20)21)27(14-17-8-9-17)15-18-10-11-18/h5-7,12-13,17-18H,8-11,14-15H2,1-4H3. The minimum atomic E-state index is 0.802. The molecule has 5 nitrogen and oxygen atoms in total. The van der Waals surface area contributed by atoms with E-state index in [0.717, 1.165) is 58.3 Å². The predicted octanol–water partition coefficient (Wildman–Crippen LogP) is 5.68. The molecule has 6 heteroatoms. The van der Waals surface area contributed by atoms with E-state index in [0.29, 0.717) is 0 Å². The monoisotopic (exact) mass is 437 g/mol. The maximum atomic E-state index is 5.77. The highest BCUT2D eigenvalue weighted by Gasteiger charge is 2.32. The SMILES string of the molecule is COc1cc(C)c(-c2cccc3c(N(CC4CC4)CC4CC4)c(SC)nn23)c(OC)c1. The number of anilines is 1. The van der Waals surface area contributed by atoms with Gasteiger partial charge >= 0.3 is 0 Å². The molecule has 0 N–H and O–H groups in total. The summed E-state index contributed by atoms with van der Waals surface area (Å²) >= 11 is 1.74. The van der Waals surface area contributed by atoms with Gasteiger partial charge in [-0.2, -0.15) is 5.10 Å². The van der Waals surface area contributed by atoms with E-state index in [1.54, 1.807) is 26.0 Å². The van der Waals surface area contributed by atoms with Crippen LogP contribution in [-0.4, -0.2) is 43.2 Å². The van der Waals surface area contributed by atoms with Crippen LogP contribution in [0.5, 0.6) is 11.5 Å². The van der Waals surface area contributed by atoms with Gasteiger partial charge in [0, 0.05) is 24.7 Å². The molecule has 3 aromatic rings. The summed E-state index contributed by atoms with van der Waals surface area (Å²) in [5, 5.41) is 6.20. The molecular weight excluding hydrogens is 406 g/mol. The molecular formula is C25H31N3O2S. The molecule has 0 amide bonds. The van der Waals surface area contributed by atoms with Gasteiger partial charge in [-0.25, -0.2) is 4.52 Å². The highest BCUT2D eigenvalue weighted by Crippen LogP contribution is 2.43. The number of methoxy groups -OCH3 is 2. The van der Waals surface area contributed by atoms with Gasteiger partial charge in [0.25, 0.3) is 0 Å². The summed E-state index contributed by atoms with van der Waals surface area (Å²) in [4.78, 5) is 2.63. The Hall–Kier alpha value is -2.34. The summed E-state index contributed by atoms with van der Waals surface area (Å²) in [6, 6.07) is 10.5. The summed E-state index contributed by atoms with van der Waals surface area (Å²) in [7, 11) is 3.40. The van der Waals surface area contributed by atoms with E-state index in [-0.39, 0.29) is 0 Å². The first-order valence-electron chi connectivity index (χ1n) is 11.2. The average molecular weight is 438 g/mol. The van der Waals surface area contributed by atoms with Crippen LogP contribution in [-0.2, 0) is 0 Å². The summed E-state index contributed by atoms with van der Waals surface area (Å²) < 4.78 is 13.3. The van der Waals surface area contributed by atoms with Crippen LogP contribution >= 0.6 is 11.8 Å². The van der Waals surface area contributed by atoms with Crippen LogP contribution in [0.2, 0.25) is 0 Å². The normalized spacial score (nSPS) is 16.0. The van der Waals surface area contributed by atoms with Crippen molar-refractivity contribution >= 4 is 23.0 Å². The zero-order chi connectivity index (χ0) is 21.5. The van der Waals surface area contributed by atoms with E-state index in [9.17, 15) is 0 Å². The Morgan fingerprint density at radius 2 is 1.77 bits per heavy atom. The van der Waals surface area contributed by atoms with Gasteiger partial charge in [0.15, 0.2) is 0 Å². The highest BCUT2D eigenvalue weighted by atomic mass is 32.2. The van der Waals surface area contributed by atoms with Gasteiger partial charge in [-0.05, 0) is 74.5 Å². The number of aromatic nitrogens is 2. The number of nitrogens with zero attached hydrogens (tertiary/aromatic N) is 3. The first kappa shape index (κ1) is 20.6. The maximum Gasteiger partial charge on any atom is 0.142 e. The molecule has 2 heterocycles. The fourth-order valence-electron chi connectivity index (χ4n) is 4.47. The molecule has 0 atom stereocenters. The zero-order valence-electron chi connectivity index (χ0n) is 18.9. The third-order valence-electron chi connectivity index (χ3n) is 6.45.